The highest BCUT2D eigenvalue weighted by Crippen LogP contribution is 2.36. The minimum Gasteiger partial charge on any atom is -0.288 e. The molecule has 0 saturated heterocycles. The molecule has 0 atom stereocenters. The molecule has 0 saturated carbocycles. The standard InChI is InChI=1S/C19H16OS/c1-14(20)21-11-5-4-6-15-9-10-19-17(12-15)13-16-7-2-3-8-18(16)19/h2-3,7-10,12H,5,11,13H2,1H3. The van der Waals surface area contributed by atoms with Crippen LogP contribution in [0.25, 0.3) is 11.1 Å². The van der Waals surface area contributed by atoms with E-state index in [1.165, 1.54) is 34.0 Å². The van der Waals surface area contributed by atoms with Crippen molar-refractivity contribution in [2.75, 3.05) is 5.75 Å². The van der Waals surface area contributed by atoms with Gasteiger partial charge in [0.05, 0.1) is 0 Å². The van der Waals surface area contributed by atoms with Crippen LogP contribution in [0.1, 0.15) is 30.0 Å². The number of benzene rings is 2. The lowest BCUT2D eigenvalue weighted by Crippen LogP contribution is -1.85. The highest BCUT2D eigenvalue weighted by Gasteiger charge is 2.17. The van der Waals surface area contributed by atoms with Crippen LogP contribution in [-0.2, 0) is 11.2 Å². The molecule has 21 heavy (non-hydrogen) atoms. The van der Waals surface area contributed by atoms with Crippen molar-refractivity contribution in [2.45, 2.75) is 19.8 Å². The molecule has 0 aliphatic heterocycles. The first-order valence-corrected chi connectivity index (χ1v) is 8.06. The van der Waals surface area contributed by atoms with Crippen LogP contribution in [0, 0.1) is 11.8 Å². The summed E-state index contributed by atoms with van der Waals surface area (Å²) in [4.78, 5) is 10.8. The van der Waals surface area contributed by atoms with E-state index in [4.69, 9.17) is 0 Å². The number of thioether (sulfide) groups is 1. The molecule has 0 heterocycles. The van der Waals surface area contributed by atoms with Gasteiger partial charge in [-0.1, -0.05) is 53.9 Å². The van der Waals surface area contributed by atoms with Crippen LogP contribution in [0.2, 0.25) is 0 Å². The predicted octanol–water partition coefficient (Wildman–Crippen LogP) is 4.28. The summed E-state index contributed by atoms with van der Waals surface area (Å²) in [5, 5.41) is 0.159. The molecule has 2 heteroatoms. The lowest BCUT2D eigenvalue weighted by molar-refractivity contribution is -0.109. The highest BCUT2D eigenvalue weighted by atomic mass is 32.2. The van der Waals surface area contributed by atoms with Crippen LogP contribution >= 0.6 is 11.8 Å². The van der Waals surface area contributed by atoms with Gasteiger partial charge < -0.3 is 0 Å². The van der Waals surface area contributed by atoms with Crippen molar-refractivity contribution in [3.8, 4) is 23.0 Å². The molecule has 0 fully saturated rings. The summed E-state index contributed by atoms with van der Waals surface area (Å²) in [7, 11) is 0. The Labute approximate surface area is 129 Å². The van der Waals surface area contributed by atoms with Gasteiger partial charge in [0, 0.05) is 24.7 Å². The number of carbonyl (C=O) groups is 1. The van der Waals surface area contributed by atoms with Gasteiger partial charge in [0.25, 0.3) is 0 Å². The van der Waals surface area contributed by atoms with Gasteiger partial charge in [0.1, 0.15) is 0 Å². The molecule has 2 aromatic carbocycles. The number of fused-ring (bicyclic) bond motifs is 3. The van der Waals surface area contributed by atoms with E-state index in [1.807, 2.05) is 0 Å². The van der Waals surface area contributed by atoms with E-state index >= 15 is 0 Å². The molecule has 0 aromatic heterocycles. The molecule has 104 valence electrons. The third-order valence-electron chi connectivity index (χ3n) is 3.56. The lowest BCUT2D eigenvalue weighted by Gasteiger charge is -2.00. The zero-order valence-corrected chi connectivity index (χ0v) is 12.8. The monoisotopic (exact) mass is 292 g/mol. The van der Waals surface area contributed by atoms with Crippen LogP contribution in [0.4, 0.5) is 0 Å². The van der Waals surface area contributed by atoms with Gasteiger partial charge in [-0.3, -0.25) is 4.79 Å². The fraction of sp³-hybridized carbons (Fsp3) is 0.211. The van der Waals surface area contributed by atoms with Gasteiger partial charge in [-0.25, -0.2) is 0 Å². The zero-order valence-electron chi connectivity index (χ0n) is 12.0. The van der Waals surface area contributed by atoms with Crippen molar-refractivity contribution >= 4 is 16.9 Å². The Morgan fingerprint density at radius 3 is 2.81 bits per heavy atom. The maximum absolute atomic E-state index is 10.8. The van der Waals surface area contributed by atoms with Gasteiger partial charge >= 0.3 is 0 Å². The molecule has 1 aliphatic carbocycles. The van der Waals surface area contributed by atoms with Crippen molar-refractivity contribution in [1.82, 2.24) is 0 Å². The summed E-state index contributed by atoms with van der Waals surface area (Å²) < 4.78 is 0. The normalized spacial score (nSPS) is 11.3. The number of rotatable bonds is 2. The smallest absolute Gasteiger partial charge is 0.185 e. The van der Waals surface area contributed by atoms with Gasteiger partial charge in [0.15, 0.2) is 5.12 Å². The van der Waals surface area contributed by atoms with E-state index in [9.17, 15) is 4.79 Å². The van der Waals surface area contributed by atoms with Gasteiger partial charge in [-0.15, -0.1) is 0 Å². The summed E-state index contributed by atoms with van der Waals surface area (Å²) in [5.41, 5.74) is 6.51. The summed E-state index contributed by atoms with van der Waals surface area (Å²) >= 11 is 1.34. The highest BCUT2D eigenvalue weighted by molar-refractivity contribution is 8.13. The summed E-state index contributed by atoms with van der Waals surface area (Å²) in [5.74, 6) is 7.12. The molecule has 1 nitrogen and oxygen atoms in total. The van der Waals surface area contributed by atoms with Crippen LogP contribution in [0.3, 0.4) is 0 Å². The maximum atomic E-state index is 10.8. The summed E-state index contributed by atoms with van der Waals surface area (Å²) in [6.07, 6.45) is 1.75. The summed E-state index contributed by atoms with van der Waals surface area (Å²) in [6.45, 7) is 1.59. The van der Waals surface area contributed by atoms with E-state index in [-0.39, 0.29) is 5.12 Å². The van der Waals surface area contributed by atoms with Gasteiger partial charge in [-0.05, 0) is 40.8 Å². The SMILES string of the molecule is CC(=O)SCCC#Cc1ccc2c(c1)Cc1ccccc1-2. The first-order chi connectivity index (χ1) is 10.2. The fourth-order valence-electron chi connectivity index (χ4n) is 2.63. The summed E-state index contributed by atoms with van der Waals surface area (Å²) in [6, 6.07) is 15.0. The lowest BCUT2D eigenvalue weighted by atomic mass is 10.0. The molecule has 0 radical (unpaired) electrons. The molecule has 0 bridgehead atoms. The van der Waals surface area contributed by atoms with Crippen LogP contribution in [-0.4, -0.2) is 10.9 Å². The Morgan fingerprint density at radius 2 is 1.95 bits per heavy atom. The predicted molar refractivity (Wildman–Crippen MR) is 89.3 cm³/mol. The Balaban J connectivity index is 1.73. The Bertz CT molecular complexity index is 750. The molecule has 0 amide bonds. The minimum absolute atomic E-state index is 0.159. The average molecular weight is 292 g/mol. The zero-order chi connectivity index (χ0) is 14.7. The van der Waals surface area contributed by atoms with Crippen molar-refractivity contribution in [1.29, 1.82) is 0 Å². The van der Waals surface area contributed by atoms with Crippen molar-refractivity contribution in [3.05, 3.63) is 59.2 Å². The first kappa shape index (κ1) is 14.0. The molecule has 0 unspecified atom stereocenters. The van der Waals surface area contributed by atoms with E-state index in [0.717, 1.165) is 24.2 Å². The third kappa shape index (κ3) is 3.20. The second kappa shape index (κ2) is 6.20. The molecule has 1 aliphatic rings. The molecule has 2 aromatic rings. The third-order valence-corrected chi connectivity index (χ3v) is 4.37. The maximum Gasteiger partial charge on any atom is 0.185 e. The minimum atomic E-state index is 0.159. The van der Waals surface area contributed by atoms with Crippen LogP contribution in [0.5, 0.6) is 0 Å². The Hall–Kier alpha value is -1.98. The topological polar surface area (TPSA) is 17.1 Å². The number of hydrogen-bond donors (Lipinski definition) is 0. The van der Waals surface area contributed by atoms with Gasteiger partial charge in [-0.2, -0.15) is 0 Å². The molecule has 3 rings (SSSR count). The van der Waals surface area contributed by atoms with Crippen LogP contribution in [0.15, 0.2) is 42.5 Å². The van der Waals surface area contributed by atoms with Crippen molar-refractivity contribution in [2.24, 2.45) is 0 Å². The second-order valence-electron chi connectivity index (χ2n) is 5.10. The van der Waals surface area contributed by atoms with Crippen molar-refractivity contribution in [3.63, 3.8) is 0 Å². The number of hydrogen-bond acceptors (Lipinski definition) is 2. The van der Waals surface area contributed by atoms with E-state index < -0.39 is 0 Å². The molecule has 0 N–H and O–H groups in total. The second-order valence-corrected chi connectivity index (χ2v) is 6.37. The van der Waals surface area contributed by atoms with Gasteiger partial charge in [0.2, 0.25) is 0 Å². The number of carbonyl (C=O) groups excluding carboxylic acids is 1. The van der Waals surface area contributed by atoms with E-state index in [2.05, 4.69) is 54.3 Å². The molecular weight excluding hydrogens is 276 g/mol. The largest absolute Gasteiger partial charge is 0.288 e. The van der Waals surface area contributed by atoms with Crippen molar-refractivity contribution < 1.29 is 4.79 Å². The quantitative estimate of drug-likeness (QED) is 0.518. The molecular formula is C19H16OS. The molecule has 0 spiro atoms. The Kier molecular flexibility index (Phi) is 4.13. The Morgan fingerprint density at radius 1 is 1.14 bits per heavy atom. The average Bonchev–Trinajstić information content (AvgIpc) is 2.84. The fourth-order valence-corrected chi connectivity index (χ4v) is 3.12. The van der Waals surface area contributed by atoms with Crippen LogP contribution < -0.4 is 0 Å². The van der Waals surface area contributed by atoms with E-state index in [0.29, 0.717) is 0 Å². The van der Waals surface area contributed by atoms with E-state index in [1.54, 1.807) is 6.92 Å². The first-order valence-electron chi connectivity index (χ1n) is 7.07.